The molecule has 0 aromatic carbocycles. The van der Waals surface area contributed by atoms with Gasteiger partial charge in [0.05, 0.1) is 6.61 Å². The summed E-state index contributed by atoms with van der Waals surface area (Å²) >= 11 is 1.82. The molecule has 0 aliphatic carbocycles. The van der Waals surface area contributed by atoms with Crippen LogP contribution >= 0.6 is 11.8 Å². The van der Waals surface area contributed by atoms with Crippen molar-refractivity contribution in [2.45, 2.75) is 19.8 Å². The number of rotatable bonds is 4. The van der Waals surface area contributed by atoms with E-state index in [1.54, 1.807) is 4.31 Å². The van der Waals surface area contributed by atoms with Crippen molar-refractivity contribution in [1.82, 2.24) is 4.31 Å². The van der Waals surface area contributed by atoms with Gasteiger partial charge in [-0.15, -0.1) is 0 Å². The Morgan fingerprint density at radius 3 is 2.73 bits per heavy atom. The molecule has 0 N–H and O–H groups in total. The van der Waals surface area contributed by atoms with Crippen LogP contribution in [0.3, 0.4) is 0 Å². The fraction of sp³-hybridized carbons (Fsp3) is 0.889. The normalized spacial score (nSPS) is 19.8. The molecule has 6 heteroatoms. The number of unbranched alkanes of at least 4 members (excludes halogenated alkanes) is 1. The number of nitrogens with zero attached hydrogens (tertiary/aromatic N) is 1. The SMILES string of the molecule is CCCCOC(=O)S(=O)N1CCSCC1. The molecule has 0 amide bonds. The molecule has 0 radical (unpaired) electrons. The predicted molar refractivity (Wildman–Crippen MR) is 63.3 cm³/mol. The minimum absolute atomic E-state index is 0.379. The highest BCUT2D eigenvalue weighted by Crippen LogP contribution is 2.12. The summed E-state index contributed by atoms with van der Waals surface area (Å²) in [5, 5.41) is -0.588. The van der Waals surface area contributed by atoms with Crippen LogP contribution < -0.4 is 0 Å². The minimum atomic E-state index is -1.60. The smallest absolute Gasteiger partial charge is 0.413 e. The topological polar surface area (TPSA) is 46.6 Å². The van der Waals surface area contributed by atoms with Crippen molar-refractivity contribution in [3.8, 4) is 0 Å². The zero-order valence-electron chi connectivity index (χ0n) is 8.94. The molecule has 1 rings (SSSR count). The average Bonchev–Trinajstić information content (AvgIpc) is 2.29. The van der Waals surface area contributed by atoms with Gasteiger partial charge in [-0.25, -0.2) is 13.3 Å². The maximum absolute atomic E-state index is 11.6. The maximum atomic E-state index is 11.6. The number of ether oxygens (including phenoxy) is 1. The van der Waals surface area contributed by atoms with Crippen molar-refractivity contribution in [2.75, 3.05) is 31.2 Å². The molecule has 1 unspecified atom stereocenters. The zero-order valence-corrected chi connectivity index (χ0v) is 10.6. The summed E-state index contributed by atoms with van der Waals surface area (Å²) in [4.78, 5) is 11.3. The first-order valence-electron chi connectivity index (χ1n) is 5.17. The van der Waals surface area contributed by atoms with Crippen LogP contribution in [0.25, 0.3) is 0 Å². The van der Waals surface area contributed by atoms with E-state index in [2.05, 4.69) is 0 Å². The first-order valence-corrected chi connectivity index (χ1v) is 7.43. The summed E-state index contributed by atoms with van der Waals surface area (Å²) < 4.78 is 18.2. The van der Waals surface area contributed by atoms with Gasteiger partial charge in [0.1, 0.15) is 0 Å². The van der Waals surface area contributed by atoms with Crippen LogP contribution in [-0.2, 0) is 15.7 Å². The fourth-order valence-corrected chi connectivity index (χ4v) is 3.21. The zero-order chi connectivity index (χ0) is 11.1. The van der Waals surface area contributed by atoms with Gasteiger partial charge in [0.15, 0.2) is 0 Å². The van der Waals surface area contributed by atoms with Crippen LogP contribution in [0, 0.1) is 0 Å². The van der Waals surface area contributed by atoms with Gasteiger partial charge < -0.3 is 4.74 Å². The molecule has 0 spiro atoms. The Balaban J connectivity index is 2.28. The van der Waals surface area contributed by atoms with Crippen molar-refractivity contribution in [1.29, 1.82) is 0 Å². The molecule has 1 saturated heterocycles. The Bertz CT molecular complexity index is 229. The van der Waals surface area contributed by atoms with E-state index < -0.39 is 16.3 Å². The molecule has 1 fully saturated rings. The second kappa shape index (κ2) is 7.24. The minimum Gasteiger partial charge on any atom is -0.455 e. The van der Waals surface area contributed by atoms with Gasteiger partial charge in [-0.2, -0.15) is 11.8 Å². The van der Waals surface area contributed by atoms with E-state index in [0.717, 1.165) is 24.3 Å². The molecule has 0 saturated carbocycles. The molecule has 4 nitrogen and oxygen atoms in total. The quantitative estimate of drug-likeness (QED) is 0.563. The first-order chi connectivity index (χ1) is 7.25. The van der Waals surface area contributed by atoms with E-state index in [1.165, 1.54) is 0 Å². The van der Waals surface area contributed by atoms with Crippen LogP contribution in [0.4, 0.5) is 4.79 Å². The molecular formula is C9H17NO3S2. The first kappa shape index (κ1) is 13.0. The Morgan fingerprint density at radius 1 is 1.47 bits per heavy atom. The van der Waals surface area contributed by atoms with Gasteiger partial charge in [-0.3, -0.25) is 0 Å². The lowest BCUT2D eigenvalue weighted by atomic mass is 10.4. The number of carbonyl (C=O) groups is 1. The van der Waals surface area contributed by atoms with E-state index in [9.17, 15) is 9.00 Å². The van der Waals surface area contributed by atoms with Crippen molar-refractivity contribution < 1.29 is 13.7 Å². The lowest BCUT2D eigenvalue weighted by Gasteiger charge is -2.23. The van der Waals surface area contributed by atoms with Crippen LogP contribution in [0.5, 0.6) is 0 Å². The van der Waals surface area contributed by atoms with E-state index in [1.807, 2.05) is 18.7 Å². The molecule has 1 atom stereocenters. The summed E-state index contributed by atoms with van der Waals surface area (Å²) in [6.07, 6.45) is 1.80. The van der Waals surface area contributed by atoms with Gasteiger partial charge in [0.25, 0.3) is 0 Å². The lowest BCUT2D eigenvalue weighted by molar-refractivity contribution is 0.170. The third-order valence-electron chi connectivity index (χ3n) is 2.06. The number of thioether (sulfide) groups is 1. The largest absolute Gasteiger partial charge is 0.455 e. The van der Waals surface area contributed by atoms with Crippen LogP contribution in [0.2, 0.25) is 0 Å². The van der Waals surface area contributed by atoms with Gasteiger partial charge in [0, 0.05) is 24.6 Å². The predicted octanol–water partition coefficient (Wildman–Crippen LogP) is 1.64. The van der Waals surface area contributed by atoms with E-state index in [-0.39, 0.29) is 0 Å². The molecular weight excluding hydrogens is 234 g/mol. The molecule has 0 aromatic heterocycles. The van der Waals surface area contributed by atoms with Crippen LogP contribution in [0.1, 0.15) is 19.8 Å². The van der Waals surface area contributed by atoms with Crippen LogP contribution in [0.15, 0.2) is 0 Å². The molecule has 1 aliphatic heterocycles. The molecule has 15 heavy (non-hydrogen) atoms. The van der Waals surface area contributed by atoms with Crippen molar-refractivity contribution in [3.05, 3.63) is 0 Å². The average molecular weight is 251 g/mol. The van der Waals surface area contributed by atoms with E-state index in [4.69, 9.17) is 4.74 Å². The summed E-state index contributed by atoms with van der Waals surface area (Å²) in [6, 6.07) is 0. The van der Waals surface area contributed by atoms with Gasteiger partial charge in [-0.05, 0) is 6.42 Å². The van der Waals surface area contributed by atoms with Crippen LogP contribution in [-0.4, -0.2) is 45.0 Å². The van der Waals surface area contributed by atoms with E-state index in [0.29, 0.717) is 19.7 Å². The molecule has 1 aliphatic rings. The highest BCUT2D eigenvalue weighted by molar-refractivity contribution is 8.00. The summed E-state index contributed by atoms with van der Waals surface area (Å²) in [5.74, 6) is 1.88. The second-order valence-corrected chi connectivity index (χ2v) is 5.82. The Hall–Kier alpha value is -0.0700. The second-order valence-electron chi connectivity index (χ2n) is 3.24. The highest BCUT2D eigenvalue weighted by Gasteiger charge is 2.23. The summed E-state index contributed by atoms with van der Waals surface area (Å²) in [5.41, 5.74) is 0. The molecule has 0 aromatic rings. The Morgan fingerprint density at radius 2 is 2.13 bits per heavy atom. The van der Waals surface area contributed by atoms with Crippen molar-refractivity contribution >= 4 is 28.0 Å². The Kier molecular flexibility index (Phi) is 6.28. The van der Waals surface area contributed by atoms with Gasteiger partial charge >= 0.3 is 5.30 Å². The maximum Gasteiger partial charge on any atom is 0.413 e. The monoisotopic (exact) mass is 251 g/mol. The third kappa shape index (κ3) is 4.53. The molecule has 1 heterocycles. The van der Waals surface area contributed by atoms with Gasteiger partial charge in [-0.1, -0.05) is 13.3 Å². The van der Waals surface area contributed by atoms with E-state index >= 15 is 0 Å². The fourth-order valence-electron chi connectivity index (χ4n) is 1.17. The third-order valence-corrected chi connectivity index (χ3v) is 4.24. The van der Waals surface area contributed by atoms with Gasteiger partial charge in [0.2, 0.25) is 11.0 Å². The van der Waals surface area contributed by atoms with Crippen molar-refractivity contribution in [3.63, 3.8) is 0 Å². The van der Waals surface area contributed by atoms with Crippen molar-refractivity contribution in [2.24, 2.45) is 0 Å². The summed E-state index contributed by atoms with van der Waals surface area (Å²) in [7, 11) is -1.60. The number of hydrogen-bond acceptors (Lipinski definition) is 4. The number of hydrogen-bond donors (Lipinski definition) is 0. The number of carbonyl (C=O) groups excluding carboxylic acids is 1. The Labute approximate surface area is 97.3 Å². The lowest BCUT2D eigenvalue weighted by Crippen LogP contribution is -2.37. The highest BCUT2D eigenvalue weighted by atomic mass is 32.2. The standard InChI is InChI=1S/C9H17NO3S2/c1-2-3-6-13-9(11)15(12)10-4-7-14-8-5-10/h2-8H2,1H3. The molecule has 88 valence electrons. The molecule has 0 bridgehead atoms. The summed E-state index contributed by atoms with van der Waals surface area (Å²) in [6.45, 7) is 3.82.